The van der Waals surface area contributed by atoms with Gasteiger partial charge in [-0.3, -0.25) is 4.90 Å². The van der Waals surface area contributed by atoms with Gasteiger partial charge < -0.3 is 0 Å². The van der Waals surface area contributed by atoms with Gasteiger partial charge in [0.05, 0.1) is 5.02 Å². The van der Waals surface area contributed by atoms with Crippen molar-refractivity contribution in [3.8, 4) is 0 Å². The first-order valence-corrected chi connectivity index (χ1v) is 10.4. The molecule has 0 radical (unpaired) electrons. The Morgan fingerprint density at radius 1 is 1.17 bits per heavy atom. The Kier molecular flexibility index (Phi) is 5.21. The van der Waals surface area contributed by atoms with Crippen LogP contribution in [0.3, 0.4) is 0 Å². The Balaban J connectivity index is 1.85. The maximum atomic E-state index is 14.2. The van der Waals surface area contributed by atoms with Crippen molar-refractivity contribution in [1.82, 2.24) is 9.21 Å². The molecule has 2 aliphatic heterocycles. The van der Waals surface area contributed by atoms with Crippen LogP contribution in [0.5, 0.6) is 0 Å². The fourth-order valence-corrected chi connectivity index (χ4v) is 5.97. The van der Waals surface area contributed by atoms with Crippen molar-refractivity contribution in [2.75, 3.05) is 13.1 Å². The highest BCUT2D eigenvalue weighted by molar-refractivity contribution is 7.89. The minimum atomic E-state index is -3.87. The van der Waals surface area contributed by atoms with E-state index in [1.807, 2.05) is 0 Å². The van der Waals surface area contributed by atoms with E-state index in [9.17, 15) is 12.8 Å². The zero-order chi connectivity index (χ0) is 17.5. The van der Waals surface area contributed by atoms with Crippen LogP contribution >= 0.6 is 11.6 Å². The van der Waals surface area contributed by atoms with Gasteiger partial charge in [0.25, 0.3) is 0 Å². The van der Waals surface area contributed by atoms with Crippen molar-refractivity contribution in [1.29, 1.82) is 0 Å². The number of likely N-dealkylation sites (tertiary alicyclic amines) is 1. The van der Waals surface area contributed by atoms with Crippen LogP contribution in [-0.4, -0.2) is 48.8 Å². The molecule has 0 aromatic heterocycles. The van der Waals surface area contributed by atoms with E-state index in [0.717, 1.165) is 25.7 Å². The van der Waals surface area contributed by atoms with Crippen LogP contribution in [0, 0.1) is 5.82 Å². The predicted molar refractivity (Wildman–Crippen MR) is 93.2 cm³/mol. The second-order valence-corrected chi connectivity index (χ2v) is 9.25. The zero-order valence-corrected chi connectivity index (χ0v) is 15.7. The van der Waals surface area contributed by atoms with Crippen molar-refractivity contribution in [3.63, 3.8) is 0 Å². The van der Waals surface area contributed by atoms with E-state index < -0.39 is 15.8 Å². The summed E-state index contributed by atoms with van der Waals surface area (Å²) in [6, 6.07) is 5.27. The van der Waals surface area contributed by atoms with Gasteiger partial charge in [-0.05, 0) is 51.7 Å². The van der Waals surface area contributed by atoms with Crippen LogP contribution in [0.2, 0.25) is 5.02 Å². The molecular formula is C17H24ClFN2O2S. The third kappa shape index (κ3) is 3.21. The van der Waals surface area contributed by atoms with Gasteiger partial charge in [0.2, 0.25) is 10.0 Å². The van der Waals surface area contributed by atoms with Crippen LogP contribution in [0.1, 0.15) is 39.5 Å². The van der Waals surface area contributed by atoms with Crippen LogP contribution in [0.25, 0.3) is 0 Å². The normalized spacial score (nSPS) is 29.9. The summed E-state index contributed by atoms with van der Waals surface area (Å²) >= 11 is 5.76. The van der Waals surface area contributed by atoms with E-state index in [2.05, 4.69) is 18.7 Å². The molecule has 0 aliphatic carbocycles. The number of nitrogens with zero attached hydrogens (tertiary/aromatic N) is 2. The molecule has 0 spiro atoms. The number of benzene rings is 1. The van der Waals surface area contributed by atoms with Crippen molar-refractivity contribution < 1.29 is 12.8 Å². The predicted octanol–water partition coefficient (Wildman–Crippen LogP) is 3.51. The molecule has 24 heavy (non-hydrogen) atoms. The summed E-state index contributed by atoms with van der Waals surface area (Å²) in [4.78, 5) is 2.12. The van der Waals surface area contributed by atoms with Crippen LogP contribution in [-0.2, 0) is 10.0 Å². The van der Waals surface area contributed by atoms with Gasteiger partial charge in [0.1, 0.15) is 4.90 Å². The van der Waals surface area contributed by atoms with E-state index in [4.69, 9.17) is 11.6 Å². The summed E-state index contributed by atoms with van der Waals surface area (Å²) in [6.45, 7) is 5.26. The van der Waals surface area contributed by atoms with Crippen LogP contribution in [0.15, 0.2) is 23.1 Å². The van der Waals surface area contributed by atoms with Gasteiger partial charge in [-0.15, -0.1) is 0 Å². The van der Waals surface area contributed by atoms with Gasteiger partial charge >= 0.3 is 0 Å². The first-order chi connectivity index (χ1) is 11.3. The molecule has 4 nitrogen and oxygen atoms in total. The van der Waals surface area contributed by atoms with Crippen molar-refractivity contribution in [3.05, 3.63) is 29.0 Å². The molecule has 1 aromatic carbocycles. The number of hydrogen-bond donors (Lipinski definition) is 0. The van der Waals surface area contributed by atoms with E-state index in [0.29, 0.717) is 25.2 Å². The first-order valence-electron chi connectivity index (χ1n) is 8.54. The molecule has 0 amide bonds. The smallest absolute Gasteiger partial charge is 0.246 e. The molecule has 2 aliphatic rings. The summed E-state index contributed by atoms with van der Waals surface area (Å²) < 4.78 is 41.4. The van der Waals surface area contributed by atoms with Crippen LogP contribution < -0.4 is 0 Å². The number of sulfonamides is 1. The molecule has 2 fully saturated rings. The summed E-state index contributed by atoms with van der Waals surface area (Å²) in [5.74, 6) is -0.857. The molecule has 2 heterocycles. The molecule has 2 saturated heterocycles. The topological polar surface area (TPSA) is 40.6 Å². The van der Waals surface area contributed by atoms with E-state index in [1.54, 1.807) is 0 Å². The van der Waals surface area contributed by atoms with Gasteiger partial charge in [-0.2, -0.15) is 4.31 Å². The Bertz CT molecular complexity index is 703. The largest absolute Gasteiger partial charge is 0.294 e. The maximum Gasteiger partial charge on any atom is 0.246 e. The third-order valence-electron chi connectivity index (χ3n) is 5.34. The highest BCUT2D eigenvalue weighted by Gasteiger charge is 2.39. The molecule has 134 valence electrons. The molecule has 7 heteroatoms. The average molecular weight is 375 g/mol. The number of rotatable bonds is 3. The lowest BCUT2D eigenvalue weighted by molar-refractivity contribution is 0.0979. The molecule has 3 rings (SSSR count). The molecule has 0 N–H and O–H groups in total. The molecule has 3 atom stereocenters. The fourth-order valence-electron chi connectivity index (χ4n) is 4.14. The third-order valence-corrected chi connectivity index (χ3v) is 7.51. The lowest BCUT2D eigenvalue weighted by Crippen LogP contribution is -2.52. The standard InChI is InChI=1S/C17H24ClFN2O2S/c1-12-8-9-13(2)21(12)14-5-4-10-20(11-14)24(22,23)16-7-3-6-15(18)17(16)19/h3,6-7,12-14H,4-5,8-11H2,1-2H3. The highest BCUT2D eigenvalue weighted by atomic mass is 35.5. The fraction of sp³-hybridized carbons (Fsp3) is 0.647. The number of halogens is 2. The minimum absolute atomic E-state index is 0.161. The van der Waals surface area contributed by atoms with Crippen LogP contribution in [0.4, 0.5) is 4.39 Å². The Morgan fingerprint density at radius 3 is 2.50 bits per heavy atom. The Morgan fingerprint density at radius 2 is 1.83 bits per heavy atom. The number of piperidine rings is 1. The van der Waals surface area contributed by atoms with Gasteiger partial charge in [-0.25, -0.2) is 12.8 Å². The van der Waals surface area contributed by atoms with E-state index >= 15 is 0 Å². The average Bonchev–Trinajstić information content (AvgIpc) is 2.89. The molecular weight excluding hydrogens is 351 g/mol. The minimum Gasteiger partial charge on any atom is -0.294 e. The molecule has 1 aromatic rings. The molecule has 0 bridgehead atoms. The molecule has 3 unspecified atom stereocenters. The van der Waals surface area contributed by atoms with Crippen molar-refractivity contribution >= 4 is 21.6 Å². The lowest BCUT2D eigenvalue weighted by atomic mass is 10.0. The van der Waals surface area contributed by atoms with Crippen molar-refractivity contribution in [2.45, 2.75) is 62.6 Å². The lowest BCUT2D eigenvalue weighted by Gasteiger charge is -2.41. The first kappa shape index (κ1) is 18.1. The quantitative estimate of drug-likeness (QED) is 0.813. The maximum absolute atomic E-state index is 14.2. The highest BCUT2D eigenvalue weighted by Crippen LogP contribution is 2.32. The molecule has 0 saturated carbocycles. The Hall–Kier alpha value is -0.690. The summed E-state index contributed by atoms with van der Waals surface area (Å²) in [5, 5.41) is -0.161. The van der Waals surface area contributed by atoms with E-state index in [-0.39, 0.29) is 16.0 Å². The summed E-state index contributed by atoms with van der Waals surface area (Å²) in [7, 11) is -3.87. The Labute approximate surface area is 148 Å². The second kappa shape index (κ2) is 6.90. The van der Waals surface area contributed by atoms with Gasteiger partial charge in [-0.1, -0.05) is 17.7 Å². The van der Waals surface area contributed by atoms with Gasteiger partial charge in [0, 0.05) is 31.2 Å². The van der Waals surface area contributed by atoms with Crippen molar-refractivity contribution in [2.24, 2.45) is 0 Å². The van der Waals surface area contributed by atoms with Gasteiger partial charge in [0.15, 0.2) is 5.82 Å². The second-order valence-electron chi connectivity index (χ2n) is 6.93. The summed E-state index contributed by atoms with van der Waals surface area (Å²) in [6.07, 6.45) is 4.07. The summed E-state index contributed by atoms with van der Waals surface area (Å²) in [5.41, 5.74) is 0. The zero-order valence-electron chi connectivity index (χ0n) is 14.1. The number of hydrogen-bond acceptors (Lipinski definition) is 3. The van der Waals surface area contributed by atoms with E-state index in [1.165, 1.54) is 22.5 Å². The monoisotopic (exact) mass is 374 g/mol. The SMILES string of the molecule is CC1CCC(C)N1C1CCCN(S(=O)(=O)c2cccc(Cl)c2F)C1.